The van der Waals surface area contributed by atoms with Crippen LogP contribution in [0.1, 0.15) is 62.3 Å². The van der Waals surface area contributed by atoms with E-state index in [-0.39, 0.29) is 24.8 Å². The summed E-state index contributed by atoms with van der Waals surface area (Å²) in [5, 5.41) is 36.1. The lowest BCUT2D eigenvalue weighted by Crippen LogP contribution is -2.34. The molecule has 2 atom stereocenters. The van der Waals surface area contributed by atoms with Gasteiger partial charge in [-0.05, 0) is 86.7 Å². The monoisotopic (exact) mass is 896 g/mol. The number of hydrogen-bond acceptors (Lipinski definition) is 17. The van der Waals surface area contributed by atoms with E-state index < -0.39 is 47.9 Å². The van der Waals surface area contributed by atoms with Crippen molar-refractivity contribution >= 4 is 97.7 Å². The van der Waals surface area contributed by atoms with E-state index in [9.17, 15) is 13.7 Å². The number of aliphatic imine (C=N–C) groups is 2. The van der Waals surface area contributed by atoms with Gasteiger partial charge in [0.15, 0.2) is 15.4 Å². The van der Waals surface area contributed by atoms with Gasteiger partial charge in [-0.15, -0.1) is 0 Å². The zero-order valence-corrected chi connectivity index (χ0v) is 38.8. The number of nitrogens with two attached hydrogens (primary N) is 2. The maximum absolute atomic E-state index is 12.1. The Bertz CT molecular complexity index is 1210. The predicted molar refractivity (Wildman–Crippen MR) is 219 cm³/mol. The van der Waals surface area contributed by atoms with E-state index in [2.05, 4.69) is 46.6 Å². The van der Waals surface area contributed by atoms with E-state index >= 15 is 0 Å². The number of aliphatic hydroxyl groups is 3. The van der Waals surface area contributed by atoms with E-state index in [0.717, 1.165) is 7.11 Å². The number of nitrogens with zero attached hydrogens (tertiary/aromatic N) is 4. The summed E-state index contributed by atoms with van der Waals surface area (Å²) < 4.78 is 47.0. The summed E-state index contributed by atoms with van der Waals surface area (Å²) in [6, 6.07) is 0. The van der Waals surface area contributed by atoms with Gasteiger partial charge in [0, 0.05) is 42.5 Å². The third-order valence-corrected chi connectivity index (χ3v) is 15.9. The van der Waals surface area contributed by atoms with Gasteiger partial charge in [0.25, 0.3) is 0 Å². The van der Waals surface area contributed by atoms with Crippen LogP contribution in [-0.2, 0) is 27.6 Å². The first-order valence-electron chi connectivity index (χ1n) is 14.0. The maximum Gasteiger partial charge on any atom is 0.349 e. The largest absolute Gasteiger partial charge is 0.400 e. The van der Waals surface area contributed by atoms with Crippen molar-refractivity contribution in [1.82, 2.24) is 20.8 Å². The fourth-order valence-corrected chi connectivity index (χ4v) is 8.64. The summed E-state index contributed by atoms with van der Waals surface area (Å²) in [5.74, 6) is 0.234. The van der Waals surface area contributed by atoms with Crippen molar-refractivity contribution in [3.63, 3.8) is 0 Å². The first-order valence-corrected chi connectivity index (χ1v) is 21.4. The second-order valence-electron chi connectivity index (χ2n) is 12.0. The lowest BCUT2D eigenvalue weighted by molar-refractivity contribution is -0.306. The molecule has 310 valence electrons. The molecule has 2 unspecified atom stereocenters. The average molecular weight is 898 g/mol. The predicted octanol–water partition coefficient (Wildman–Crippen LogP) is 5.90. The molecule has 0 aliphatic carbocycles. The standard InChI is InChI=1S/C6H14N3O2P.C6H13N2O2PS.C5H14NO3P.C4H10O2.C2H3NS.CHCl3.CH4O.H3N/c1-6(2)8-5(7)9(3)12(6,11)4-10;1-6(2)7-5(12)8(3)11(6,10)4-9;1-5(2,6)10(7,8-3)9-4;1-4(2,3)6-5;1-3-2-4;2-1(3)4;1-2;/h10H,4H2,1-3H3,(H2,7,8);9H,4H2,1-3H3,(H,7,12);6H2,1-4H3;5H,1-3H3;1H3;1H;2H,1H3;1H3. The molecule has 12 N–H and O–H groups in total. The Balaban J connectivity index is -0.000000123. The highest BCUT2D eigenvalue weighted by atomic mass is 35.6. The second-order valence-corrected chi connectivity index (χ2v) is 24.2. The maximum atomic E-state index is 12.1. The molecule has 0 spiro atoms. The number of rotatable bonds is 5. The van der Waals surface area contributed by atoms with Gasteiger partial charge < -0.3 is 47.3 Å². The van der Waals surface area contributed by atoms with Gasteiger partial charge in [0.2, 0.25) is 14.6 Å². The molecule has 2 heterocycles. The third kappa shape index (κ3) is 21.6. The molecule has 0 aromatic rings. The van der Waals surface area contributed by atoms with Crippen molar-refractivity contribution in [2.75, 3.05) is 55.2 Å². The van der Waals surface area contributed by atoms with Crippen molar-refractivity contribution in [1.29, 1.82) is 0 Å². The van der Waals surface area contributed by atoms with E-state index in [1.807, 2.05) is 0 Å². The molecule has 1 saturated heterocycles. The van der Waals surface area contributed by atoms with Crippen molar-refractivity contribution in [3.8, 4) is 0 Å². The molecule has 0 aromatic carbocycles. The van der Waals surface area contributed by atoms with Gasteiger partial charge in [-0.1, -0.05) is 34.8 Å². The van der Waals surface area contributed by atoms with Gasteiger partial charge >= 0.3 is 7.60 Å². The van der Waals surface area contributed by atoms with Gasteiger partial charge in [0.05, 0.1) is 10.8 Å². The Morgan fingerprint density at radius 1 is 1.02 bits per heavy atom. The van der Waals surface area contributed by atoms with Crippen LogP contribution in [0.15, 0.2) is 9.98 Å². The molecule has 2 rings (SSSR count). The van der Waals surface area contributed by atoms with Crippen LogP contribution in [-0.4, -0.2) is 127 Å². The minimum absolute atomic E-state index is 0. The Morgan fingerprint density at radius 2 is 1.33 bits per heavy atom. The average Bonchev–Trinajstić information content (AvgIpc) is 3.28. The SMILES string of the molecule is CC(C)(C)OO.CN1C(=S)NC(C)(C)P1(=O)CO.CN1C(N)=NC(C)(C)P1(=O)CO.CN=C=S.CO.COP(=O)(OC)C(C)(C)N.ClC(Cl)Cl.N. The van der Waals surface area contributed by atoms with Crippen molar-refractivity contribution in [2.45, 2.75) is 88.1 Å². The van der Waals surface area contributed by atoms with Gasteiger partial charge in [-0.3, -0.25) is 28.3 Å². The summed E-state index contributed by atoms with van der Waals surface area (Å²) >= 11 is 23.5. The van der Waals surface area contributed by atoms with Crippen molar-refractivity contribution in [3.05, 3.63) is 0 Å². The van der Waals surface area contributed by atoms with Crippen LogP contribution >= 0.6 is 81.4 Å². The summed E-state index contributed by atoms with van der Waals surface area (Å²) in [6.07, 6.45) is -0.732. The summed E-state index contributed by atoms with van der Waals surface area (Å²) in [4.78, 5) is 11.3. The number of isothiocyanates is 1. The molecule has 0 bridgehead atoms. The highest BCUT2D eigenvalue weighted by Gasteiger charge is 2.51. The van der Waals surface area contributed by atoms with Crippen molar-refractivity contribution in [2.24, 2.45) is 21.5 Å². The number of hydrogen-bond donors (Lipinski definition) is 8. The Hall–Kier alpha value is -0.0400. The van der Waals surface area contributed by atoms with Crippen molar-refractivity contribution < 1.29 is 48.2 Å². The molecule has 2 aliphatic rings. The number of nitrogens with one attached hydrogen (secondary N) is 1. The lowest BCUT2D eigenvalue weighted by atomic mass is 10.2. The molecule has 26 heteroatoms. The topological polar surface area (TPSA) is 290 Å². The number of guanidine groups is 1. The Labute approximate surface area is 329 Å². The highest BCUT2D eigenvalue weighted by molar-refractivity contribution is 7.82. The molecule has 51 heavy (non-hydrogen) atoms. The number of aliphatic hydroxyl groups excluding tert-OH is 3. The van der Waals surface area contributed by atoms with E-state index in [0.29, 0.717) is 5.11 Å². The van der Waals surface area contributed by atoms with E-state index in [4.69, 9.17) is 79.1 Å². The summed E-state index contributed by atoms with van der Waals surface area (Å²) in [7, 11) is -0.238. The fourth-order valence-electron chi connectivity index (χ4n) is 3.00. The third-order valence-electron chi connectivity index (χ3n) is 6.06. The first kappa shape index (κ1) is 62.9. The normalized spacial score (nSPS) is 21.1. The zero-order valence-electron chi connectivity index (χ0n) is 32.2. The lowest BCUT2D eigenvalue weighted by Gasteiger charge is -2.28. The molecule has 1 fully saturated rings. The van der Waals surface area contributed by atoms with E-state index in [1.54, 1.807) is 83.5 Å². The second kappa shape index (κ2) is 27.5. The van der Waals surface area contributed by atoms with Crippen LogP contribution in [0, 0.1) is 0 Å². The quantitative estimate of drug-likeness (QED) is 0.0398. The molecular weight excluding hydrogens is 836 g/mol. The van der Waals surface area contributed by atoms with Crippen LogP contribution < -0.4 is 22.9 Å². The van der Waals surface area contributed by atoms with Crippen LogP contribution in [0.2, 0.25) is 0 Å². The van der Waals surface area contributed by atoms with E-state index in [1.165, 1.54) is 23.6 Å². The molecule has 0 amide bonds. The summed E-state index contributed by atoms with van der Waals surface area (Å²) in [6.45, 7) is 15.5. The minimum atomic E-state index is -3.09. The molecule has 0 radical (unpaired) electrons. The highest BCUT2D eigenvalue weighted by Crippen LogP contribution is 2.63. The Morgan fingerprint density at radius 3 is 1.41 bits per heavy atom. The van der Waals surface area contributed by atoms with Gasteiger partial charge in [-0.2, -0.15) is 0 Å². The fraction of sp³-hybridized carbons (Fsp3) is 0.880. The summed E-state index contributed by atoms with van der Waals surface area (Å²) in [5.41, 5.74) is 10.6. The number of thiocarbonyl (C=S) groups is 2. The van der Waals surface area contributed by atoms with Crippen LogP contribution in [0.4, 0.5) is 0 Å². The molecule has 0 saturated carbocycles. The van der Waals surface area contributed by atoms with Gasteiger partial charge in [0.1, 0.15) is 28.5 Å². The number of halogens is 3. The number of alkyl halides is 3. The van der Waals surface area contributed by atoms with Crippen LogP contribution in [0.3, 0.4) is 0 Å². The zero-order chi connectivity index (χ0) is 41.8. The Kier molecular flexibility index (Phi) is 34.0. The van der Waals surface area contributed by atoms with Crippen LogP contribution in [0.5, 0.6) is 0 Å². The minimum Gasteiger partial charge on any atom is -0.400 e. The molecular formula is C25H62Cl3N8O10P3S2. The smallest absolute Gasteiger partial charge is 0.349 e. The first-order chi connectivity index (χ1) is 22.3. The molecule has 0 aromatic heterocycles. The molecule has 2 aliphatic heterocycles. The van der Waals surface area contributed by atoms with Crippen LogP contribution in [0.25, 0.3) is 0 Å². The molecule has 18 nitrogen and oxygen atoms in total. The van der Waals surface area contributed by atoms with Gasteiger partial charge in [-0.25, -0.2) is 14.9 Å².